The maximum Gasteiger partial charge on any atom is 0.296 e. The van der Waals surface area contributed by atoms with Gasteiger partial charge in [0.25, 0.3) is 5.89 Å². The maximum atomic E-state index is 5.33. The van der Waals surface area contributed by atoms with E-state index in [4.69, 9.17) is 13.8 Å². The van der Waals surface area contributed by atoms with E-state index >= 15 is 0 Å². The third kappa shape index (κ3) is 2.65. The summed E-state index contributed by atoms with van der Waals surface area (Å²) in [6, 6.07) is 18.9. The van der Waals surface area contributed by atoms with E-state index in [0.29, 0.717) is 23.2 Å². The summed E-state index contributed by atoms with van der Waals surface area (Å²) in [4.78, 5) is 4.35. The largest absolute Gasteiger partial charge is 0.497 e. The molecule has 0 saturated heterocycles. The lowest BCUT2D eigenvalue weighted by Crippen LogP contribution is -1.82. The second-order valence-electron chi connectivity index (χ2n) is 5.09. The Balaban J connectivity index is 1.62. The van der Waals surface area contributed by atoms with Crippen LogP contribution in [0.3, 0.4) is 0 Å². The molecule has 0 bridgehead atoms. The highest BCUT2D eigenvalue weighted by Crippen LogP contribution is 2.27. The summed E-state index contributed by atoms with van der Waals surface area (Å²) in [5, 5.41) is 8.03. The molecule has 0 unspecified atom stereocenters. The highest BCUT2D eigenvalue weighted by Gasteiger charge is 2.16. The van der Waals surface area contributed by atoms with Crippen LogP contribution >= 0.6 is 0 Å². The molecule has 2 aromatic heterocycles. The molecule has 0 aliphatic rings. The van der Waals surface area contributed by atoms with Gasteiger partial charge in [0.05, 0.1) is 7.11 Å². The second-order valence-corrected chi connectivity index (χ2v) is 5.09. The zero-order valence-corrected chi connectivity index (χ0v) is 12.8. The van der Waals surface area contributed by atoms with Gasteiger partial charge < -0.3 is 13.8 Å². The van der Waals surface area contributed by atoms with Crippen LogP contribution in [-0.4, -0.2) is 22.4 Å². The Morgan fingerprint density at radius 1 is 0.833 bits per heavy atom. The van der Waals surface area contributed by atoms with Crippen LogP contribution in [0.4, 0.5) is 0 Å². The van der Waals surface area contributed by atoms with Gasteiger partial charge in [0, 0.05) is 17.2 Å². The molecule has 0 amide bonds. The smallest absolute Gasteiger partial charge is 0.296 e. The molecule has 0 aliphatic heterocycles. The van der Waals surface area contributed by atoms with Gasteiger partial charge in [-0.25, -0.2) is 0 Å². The molecule has 0 fully saturated rings. The van der Waals surface area contributed by atoms with Crippen molar-refractivity contribution in [2.45, 2.75) is 0 Å². The normalized spacial score (nSPS) is 10.7. The number of hydrogen-bond donors (Lipinski definition) is 0. The molecule has 0 atom stereocenters. The number of nitrogens with zero attached hydrogens (tertiary/aromatic N) is 3. The van der Waals surface area contributed by atoms with Crippen LogP contribution in [0.5, 0.6) is 5.75 Å². The Morgan fingerprint density at radius 3 is 2.38 bits per heavy atom. The van der Waals surface area contributed by atoms with E-state index in [9.17, 15) is 0 Å². The first-order valence-electron chi connectivity index (χ1n) is 7.34. The predicted molar refractivity (Wildman–Crippen MR) is 87.2 cm³/mol. The highest BCUT2D eigenvalue weighted by atomic mass is 16.5. The Bertz CT molecular complexity index is 943. The molecule has 2 heterocycles. The van der Waals surface area contributed by atoms with E-state index in [1.165, 1.54) is 0 Å². The lowest BCUT2D eigenvalue weighted by molar-refractivity contribution is 0.386. The summed E-state index contributed by atoms with van der Waals surface area (Å²) in [5.74, 6) is 2.01. The zero-order valence-electron chi connectivity index (χ0n) is 12.8. The van der Waals surface area contributed by atoms with Crippen molar-refractivity contribution in [2.24, 2.45) is 0 Å². The number of methoxy groups -OCH3 is 1. The van der Waals surface area contributed by atoms with Crippen LogP contribution in [0, 0.1) is 0 Å². The standard InChI is InChI=1S/C18H13N3O3/c1-22-14-9-7-12(8-10-14)15-11-16(23-20-15)18-19-17(21-24-18)13-5-3-2-4-6-13/h2-11H,1H3. The van der Waals surface area contributed by atoms with Crippen molar-refractivity contribution in [3.05, 3.63) is 60.7 Å². The van der Waals surface area contributed by atoms with Crippen molar-refractivity contribution in [3.8, 4) is 40.0 Å². The fraction of sp³-hybridized carbons (Fsp3) is 0.0556. The third-order valence-electron chi connectivity index (χ3n) is 3.56. The van der Waals surface area contributed by atoms with E-state index in [1.54, 1.807) is 13.2 Å². The Kier molecular flexibility index (Phi) is 3.55. The molecule has 118 valence electrons. The van der Waals surface area contributed by atoms with Gasteiger partial charge in [-0.15, -0.1) is 0 Å². The Hall–Kier alpha value is -3.41. The Labute approximate surface area is 137 Å². The highest BCUT2D eigenvalue weighted by molar-refractivity contribution is 5.64. The fourth-order valence-electron chi connectivity index (χ4n) is 2.30. The first-order chi connectivity index (χ1) is 11.8. The molecule has 0 saturated carbocycles. The molecule has 0 N–H and O–H groups in total. The van der Waals surface area contributed by atoms with Crippen LogP contribution < -0.4 is 4.74 Å². The van der Waals surface area contributed by atoms with Crippen molar-refractivity contribution < 1.29 is 13.8 Å². The van der Waals surface area contributed by atoms with Gasteiger partial charge in [0.1, 0.15) is 11.4 Å². The summed E-state index contributed by atoms with van der Waals surface area (Å²) in [6.45, 7) is 0. The number of benzene rings is 2. The molecular formula is C18H13N3O3. The Morgan fingerprint density at radius 2 is 1.62 bits per heavy atom. The summed E-state index contributed by atoms with van der Waals surface area (Å²) >= 11 is 0. The monoisotopic (exact) mass is 319 g/mol. The van der Waals surface area contributed by atoms with Gasteiger partial charge in [-0.1, -0.05) is 40.6 Å². The minimum Gasteiger partial charge on any atom is -0.497 e. The average Bonchev–Trinajstić information content (AvgIpc) is 3.32. The van der Waals surface area contributed by atoms with Gasteiger partial charge in [0.2, 0.25) is 11.6 Å². The summed E-state index contributed by atoms with van der Waals surface area (Å²) in [5.41, 5.74) is 2.48. The summed E-state index contributed by atoms with van der Waals surface area (Å²) in [7, 11) is 1.63. The van der Waals surface area contributed by atoms with Crippen LogP contribution in [-0.2, 0) is 0 Å². The van der Waals surface area contributed by atoms with Gasteiger partial charge in [-0.2, -0.15) is 4.98 Å². The minimum absolute atomic E-state index is 0.293. The molecule has 4 rings (SSSR count). The molecule has 4 aromatic rings. The number of aromatic nitrogens is 3. The molecular weight excluding hydrogens is 306 g/mol. The van der Waals surface area contributed by atoms with Crippen LogP contribution in [0.15, 0.2) is 69.7 Å². The van der Waals surface area contributed by atoms with E-state index in [-0.39, 0.29) is 0 Å². The van der Waals surface area contributed by atoms with Crippen molar-refractivity contribution in [2.75, 3.05) is 7.11 Å². The molecule has 6 nitrogen and oxygen atoms in total. The third-order valence-corrected chi connectivity index (χ3v) is 3.56. The van der Waals surface area contributed by atoms with Gasteiger partial charge in [-0.3, -0.25) is 0 Å². The van der Waals surface area contributed by atoms with Crippen LogP contribution in [0.1, 0.15) is 0 Å². The SMILES string of the molecule is COc1ccc(-c2cc(-c3nc(-c4ccccc4)no3)on2)cc1. The topological polar surface area (TPSA) is 74.2 Å². The number of rotatable bonds is 4. The number of ether oxygens (including phenoxy) is 1. The average molecular weight is 319 g/mol. The first kappa shape index (κ1) is 14.2. The van der Waals surface area contributed by atoms with Crippen molar-refractivity contribution >= 4 is 0 Å². The van der Waals surface area contributed by atoms with E-state index < -0.39 is 0 Å². The van der Waals surface area contributed by atoms with E-state index in [1.807, 2.05) is 54.6 Å². The van der Waals surface area contributed by atoms with Gasteiger partial charge >= 0.3 is 0 Å². The van der Waals surface area contributed by atoms with Gasteiger partial charge in [-0.05, 0) is 24.3 Å². The lowest BCUT2D eigenvalue weighted by atomic mass is 10.1. The molecule has 24 heavy (non-hydrogen) atoms. The summed E-state index contributed by atoms with van der Waals surface area (Å²) < 4.78 is 15.8. The van der Waals surface area contributed by atoms with Crippen LogP contribution in [0.25, 0.3) is 34.3 Å². The fourth-order valence-corrected chi connectivity index (χ4v) is 2.30. The molecule has 2 aromatic carbocycles. The maximum absolute atomic E-state index is 5.33. The second kappa shape index (κ2) is 6.00. The van der Waals surface area contributed by atoms with E-state index in [0.717, 1.165) is 16.9 Å². The molecule has 0 spiro atoms. The van der Waals surface area contributed by atoms with Gasteiger partial charge in [0.15, 0.2) is 0 Å². The number of hydrogen-bond acceptors (Lipinski definition) is 6. The van der Waals surface area contributed by atoms with Crippen molar-refractivity contribution in [1.82, 2.24) is 15.3 Å². The first-order valence-corrected chi connectivity index (χ1v) is 7.34. The molecule has 0 aliphatic carbocycles. The van der Waals surface area contributed by atoms with E-state index in [2.05, 4.69) is 15.3 Å². The summed E-state index contributed by atoms with van der Waals surface area (Å²) in [6.07, 6.45) is 0. The molecule has 0 radical (unpaired) electrons. The van der Waals surface area contributed by atoms with Crippen molar-refractivity contribution in [3.63, 3.8) is 0 Å². The molecule has 6 heteroatoms. The van der Waals surface area contributed by atoms with Crippen molar-refractivity contribution in [1.29, 1.82) is 0 Å². The predicted octanol–water partition coefficient (Wildman–Crippen LogP) is 4.07. The zero-order chi connectivity index (χ0) is 16.4. The minimum atomic E-state index is 0.293. The lowest BCUT2D eigenvalue weighted by Gasteiger charge is -1.99. The van der Waals surface area contributed by atoms with Crippen LogP contribution in [0.2, 0.25) is 0 Å². The quantitative estimate of drug-likeness (QED) is 0.564.